The van der Waals surface area contributed by atoms with Crippen LogP contribution in [0.25, 0.3) is 0 Å². The highest BCUT2D eigenvalue weighted by molar-refractivity contribution is 5.97. The molecule has 1 aromatic rings. The molecule has 5 nitrogen and oxygen atoms in total. The van der Waals surface area contributed by atoms with Crippen LogP contribution in [0, 0.1) is 11.6 Å². The van der Waals surface area contributed by atoms with E-state index in [0.717, 1.165) is 19.2 Å². The lowest BCUT2D eigenvalue weighted by Crippen LogP contribution is -2.39. The summed E-state index contributed by atoms with van der Waals surface area (Å²) in [6.45, 7) is 1.33. The number of hydrogen-bond donors (Lipinski definition) is 2. The Morgan fingerprint density at radius 3 is 2.56 bits per heavy atom. The highest BCUT2D eigenvalue weighted by atomic mass is 19.1. The summed E-state index contributed by atoms with van der Waals surface area (Å²) in [6, 6.07) is 0.851. The third-order valence-corrected chi connectivity index (χ3v) is 2.25. The zero-order chi connectivity index (χ0) is 13.9. The summed E-state index contributed by atoms with van der Waals surface area (Å²) in [5.74, 6) is -4.02. The van der Waals surface area contributed by atoms with Crippen LogP contribution in [0.15, 0.2) is 12.1 Å². The van der Waals surface area contributed by atoms with Crippen molar-refractivity contribution in [1.82, 2.24) is 5.32 Å². The number of methoxy groups -OCH3 is 1. The summed E-state index contributed by atoms with van der Waals surface area (Å²) in [7, 11) is 1.13. The summed E-state index contributed by atoms with van der Waals surface area (Å²) in [4.78, 5) is 22.7. The first-order chi connectivity index (χ1) is 8.38. The van der Waals surface area contributed by atoms with Crippen LogP contribution in [0.2, 0.25) is 0 Å². The molecule has 7 heteroatoms. The lowest BCUT2D eigenvalue weighted by atomic mass is 10.1. The van der Waals surface area contributed by atoms with Gasteiger partial charge in [0.25, 0.3) is 5.91 Å². The fraction of sp³-hybridized carbons (Fsp3) is 0.273. The molecule has 0 radical (unpaired) electrons. The smallest absolute Gasteiger partial charge is 0.328 e. The number of nitrogen functional groups attached to an aromatic ring is 1. The van der Waals surface area contributed by atoms with Crippen LogP contribution in [0.5, 0.6) is 0 Å². The van der Waals surface area contributed by atoms with Gasteiger partial charge in [0.05, 0.1) is 12.8 Å². The fourth-order valence-electron chi connectivity index (χ4n) is 1.28. The van der Waals surface area contributed by atoms with E-state index in [1.165, 1.54) is 6.92 Å². The van der Waals surface area contributed by atoms with Crippen molar-refractivity contribution < 1.29 is 23.1 Å². The topological polar surface area (TPSA) is 81.4 Å². The molecule has 0 aromatic heterocycles. The third-order valence-electron chi connectivity index (χ3n) is 2.25. The normalized spacial score (nSPS) is 11.8. The van der Waals surface area contributed by atoms with Gasteiger partial charge in [0.2, 0.25) is 0 Å². The van der Waals surface area contributed by atoms with Gasteiger partial charge >= 0.3 is 5.97 Å². The van der Waals surface area contributed by atoms with Gasteiger partial charge in [0, 0.05) is 0 Å². The number of halogens is 2. The molecule has 1 unspecified atom stereocenters. The molecule has 98 valence electrons. The molecule has 0 saturated carbocycles. The summed E-state index contributed by atoms with van der Waals surface area (Å²) in [5, 5.41) is 2.11. The van der Waals surface area contributed by atoms with Crippen molar-refractivity contribution in [3.05, 3.63) is 29.3 Å². The standard InChI is InChI=1S/C11H12F2N2O3/c1-5(11(17)18-2)15-10(16)8-6(12)3-4-7(14)9(8)13/h3-5H,14H2,1-2H3,(H,15,16). The lowest BCUT2D eigenvalue weighted by Gasteiger charge is -2.12. The molecule has 0 saturated heterocycles. The number of rotatable bonds is 3. The number of amides is 1. The number of hydrogen-bond acceptors (Lipinski definition) is 4. The molecule has 1 rings (SSSR count). The van der Waals surface area contributed by atoms with E-state index in [-0.39, 0.29) is 5.69 Å². The van der Waals surface area contributed by atoms with E-state index in [1.54, 1.807) is 0 Å². The Morgan fingerprint density at radius 1 is 1.39 bits per heavy atom. The van der Waals surface area contributed by atoms with Gasteiger partial charge in [-0.1, -0.05) is 0 Å². The van der Waals surface area contributed by atoms with Crippen LogP contribution < -0.4 is 11.1 Å². The molecule has 0 spiro atoms. The highest BCUT2D eigenvalue weighted by Gasteiger charge is 2.23. The number of ether oxygens (including phenoxy) is 1. The first-order valence-electron chi connectivity index (χ1n) is 5.00. The Balaban J connectivity index is 2.98. The van der Waals surface area contributed by atoms with Gasteiger partial charge in [-0.05, 0) is 19.1 Å². The van der Waals surface area contributed by atoms with Crippen molar-refractivity contribution in [3.63, 3.8) is 0 Å². The predicted octanol–water partition coefficient (Wildman–Crippen LogP) is 0.838. The maximum atomic E-state index is 13.5. The number of anilines is 1. The SMILES string of the molecule is COC(=O)C(C)NC(=O)c1c(F)ccc(N)c1F. The minimum Gasteiger partial charge on any atom is -0.467 e. The summed E-state index contributed by atoms with van der Waals surface area (Å²) in [5.41, 5.74) is 4.05. The second-order valence-corrected chi connectivity index (χ2v) is 3.54. The van der Waals surface area contributed by atoms with E-state index in [9.17, 15) is 18.4 Å². The maximum absolute atomic E-state index is 13.5. The predicted molar refractivity (Wildman–Crippen MR) is 59.7 cm³/mol. The first kappa shape index (κ1) is 13.9. The Kier molecular flexibility index (Phi) is 4.19. The average molecular weight is 258 g/mol. The molecule has 0 aliphatic rings. The minimum atomic E-state index is -1.16. The van der Waals surface area contributed by atoms with E-state index in [4.69, 9.17) is 5.73 Å². The fourth-order valence-corrected chi connectivity index (χ4v) is 1.28. The molecule has 0 bridgehead atoms. The quantitative estimate of drug-likeness (QED) is 0.621. The Morgan fingerprint density at radius 2 is 2.00 bits per heavy atom. The van der Waals surface area contributed by atoms with Crippen LogP contribution in [0.4, 0.5) is 14.5 Å². The van der Waals surface area contributed by atoms with Crippen molar-refractivity contribution >= 4 is 17.6 Å². The van der Waals surface area contributed by atoms with Gasteiger partial charge in [0.15, 0.2) is 5.82 Å². The zero-order valence-electron chi connectivity index (χ0n) is 9.79. The zero-order valence-corrected chi connectivity index (χ0v) is 9.79. The molecule has 1 atom stereocenters. The van der Waals surface area contributed by atoms with E-state index in [1.807, 2.05) is 0 Å². The van der Waals surface area contributed by atoms with Crippen LogP contribution in [-0.4, -0.2) is 25.0 Å². The van der Waals surface area contributed by atoms with E-state index < -0.39 is 35.1 Å². The number of carbonyl (C=O) groups excluding carboxylic acids is 2. The Hall–Kier alpha value is -2.18. The molecule has 1 amide bonds. The van der Waals surface area contributed by atoms with Crippen molar-refractivity contribution in [1.29, 1.82) is 0 Å². The number of esters is 1. The van der Waals surface area contributed by atoms with Crippen LogP contribution >= 0.6 is 0 Å². The molecule has 0 aliphatic carbocycles. The number of nitrogens with one attached hydrogen (secondary N) is 1. The van der Waals surface area contributed by atoms with Gasteiger partial charge in [-0.2, -0.15) is 0 Å². The molecular weight excluding hydrogens is 246 g/mol. The molecule has 0 aliphatic heterocycles. The number of benzene rings is 1. The molecule has 0 heterocycles. The minimum absolute atomic E-state index is 0.354. The summed E-state index contributed by atoms with van der Waals surface area (Å²) < 4.78 is 31.2. The van der Waals surface area contributed by atoms with E-state index in [2.05, 4.69) is 10.1 Å². The molecule has 18 heavy (non-hydrogen) atoms. The van der Waals surface area contributed by atoms with E-state index in [0.29, 0.717) is 0 Å². The van der Waals surface area contributed by atoms with Crippen LogP contribution in [0.1, 0.15) is 17.3 Å². The second-order valence-electron chi connectivity index (χ2n) is 3.54. The monoisotopic (exact) mass is 258 g/mol. The van der Waals surface area contributed by atoms with Gasteiger partial charge in [-0.3, -0.25) is 4.79 Å². The summed E-state index contributed by atoms with van der Waals surface area (Å²) >= 11 is 0. The Bertz CT molecular complexity index is 491. The first-order valence-corrected chi connectivity index (χ1v) is 5.00. The Labute approximate surface area is 102 Å². The van der Waals surface area contributed by atoms with Gasteiger partial charge < -0.3 is 15.8 Å². The second kappa shape index (κ2) is 5.44. The lowest BCUT2D eigenvalue weighted by molar-refractivity contribution is -0.142. The van der Waals surface area contributed by atoms with Gasteiger partial charge in [0.1, 0.15) is 17.4 Å². The largest absolute Gasteiger partial charge is 0.467 e. The molecular formula is C11H12F2N2O3. The van der Waals surface area contributed by atoms with Crippen molar-refractivity contribution in [2.45, 2.75) is 13.0 Å². The van der Waals surface area contributed by atoms with Gasteiger partial charge in [-0.15, -0.1) is 0 Å². The number of carbonyl (C=O) groups is 2. The average Bonchev–Trinajstić information content (AvgIpc) is 2.33. The van der Waals surface area contributed by atoms with Crippen LogP contribution in [-0.2, 0) is 9.53 Å². The number of nitrogens with two attached hydrogens (primary N) is 1. The maximum Gasteiger partial charge on any atom is 0.328 e. The molecule has 1 aromatic carbocycles. The van der Waals surface area contributed by atoms with E-state index >= 15 is 0 Å². The summed E-state index contributed by atoms with van der Waals surface area (Å²) in [6.07, 6.45) is 0. The van der Waals surface area contributed by atoms with Crippen molar-refractivity contribution in [2.75, 3.05) is 12.8 Å². The molecule has 3 N–H and O–H groups in total. The van der Waals surface area contributed by atoms with Crippen molar-refractivity contribution in [3.8, 4) is 0 Å². The van der Waals surface area contributed by atoms with Crippen LogP contribution in [0.3, 0.4) is 0 Å². The van der Waals surface area contributed by atoms with Crippen molar-refractivity contribution in [2.24, 2.45) is 0 Å². The highest BCUT2D eigenvalue weighted by Crippen LogP contribution is 2.18. The third kappa shape index (κ3) is 2.73. The van der Waals surface area contributed by atoms with Gasteiger partial charge in [-0.25, -0.2) is 13.6 Å². The molecule has 0 fully saturated rings.